The molecule has 6 heteroatoms. The van der Waals surface area contributed by atoms with Gasteiger partial charge < -0.3 is 5.73 Å². The molecule has 0 spiro atoms. The van der Waals surface area contributed by atoms with Gasteiger partial charge in [-0.15, -0.1) is 0 Å². The number of aromatic nitrogens is 1. The zero-order valence-electron chi connectivity index (χ0n) is 7.90. The van der Waals surface area contributed by atoms with Crippen molar-refractivity contribution in [2.75, 3.05) is 16.2 Å². The summed E-state index contributed by atoms with van der Waals surface area (Å²) in [6.45, 7) is 1.81. The number of sulfonamides is 1. The molecule has 78 valence electrons. The second kappa shape index (κ2) is 4.28. The van der Waals surface area contributed by atoms with Crippen LogP contribution in [-0.4, -0.2) is 19.2 Å². The van der Waals surface area contributed by atoms with Gasteiger partial charge in [0.15, 0.2) is 0 Å². The van der Waals surface area contributed by atoms with Crippen LogP contribution >= 0.6 is 0 Å². The molecule has 0 aliphatic carbocycles. The van der Waals surface area contributed by atoms with Crippen molar-refractivity contribution < 1.29 is 8.42 Å². The molecule has 14 heavy (non-hydrogen) atoms. The van der Waals surface area contributed by atoms with Crippen LogP contribution in [0.25, 0.3) is 0 Å². The maximum Gasteiger partial charge on any atom is 0.232 e. The van der Waals surface area contributed by atoms with Gasteiger partial charge in [-0.2, -0.15) is 0 Å². The molecule has 1 rings (SSSR count). The van der Waals surface area contributed by atoms with Crippen LogP contribution in [0.1, 0.15) is 13.3 Å². The Morgan fingerprint density at radius 3 is 2.71 bits per heavy atom. The molecule has 0 saturated carbocycles. The van der Waals surface area contributed by atoms with E-state index in [1.54, 1.807) is 19.1 Å². The van der Waals surface area contributed by atoms with Crippen molar-refractivity contribution in [2.45, 2.75) is 13.3 Å². The fourth-order valence-electron chi connectivity index (χ4n) is 0.965. The second-order valence-electron chi connectivity index (χ2n) is 2.89. The first kappa shape index (κ1) is 10.8. The van der Waals surface area contributed by atoms with Crippen LogP contribution in [0, 0.1) is 0 Å². The second-order valence-corrected chi connectivity index (χ2v) is 4.73. The maximum absolute atomic E-state index is 11.3. The van der Waals surface area contributed by atoms with Crippen molar-refractivity contribution in [3.05, 3.63) is 18.3 Å². The lowest BCUT2D eigenvalue weighted by Gasteiger charge is -2.05. The number of hydrogen-bond acceptors (Lipinski definition) is 4. The first-order valence-electron chi connectivity index (χ1n) is 4.25. The first-order chi connectivity index (χ1) is 6.53. The van der Waals surface area contributed by atoms with Crippen LogP contribution in [0.5, 0.6) is 0 Å². The molecule has 1 aromatic heterocycles. The average Bonchev–Trinajstić information content (AvgIpc) is 2.08. The van der Waals surface area contributed by atoms with Gasteiger partial charge >= 0.3 is 0 Å². The molecule has 0 aliphatic rings. The minimum Gasteiger partial charge on any atom is -0.384 e. The number of nitrogens with two attached hydrogens (primary N) is 1. The normalized spacial score (nSPS) is 11.2. The summed E-state index contributed by atoms with van der Waals surface area (Å²) in [7, 11) is -3.23. The van der Waals surface area contributed by atoms with Crippen molar-refractivity contribution in [1.82, 2.24) is 4.98 Å². The summed E-state index contributed by atoms with van der Waals surface area (Å²) in [4.78, 5) is 3.77. The van der Waals surface area contributed by atoms with E-state index in [4.69, 9.17) is 5.73 Å². The van der Waals surface area contributed by atoms with E-state index in [0.717, 1.165) is 0 Å². The summed E-state index contributed by atoms with van der Waals surface area (Å²) in [5.74, 6) is 0.473. The molecule has 0 saturated heterocycles. The summed E-state index contributed by atoms with van der Waals surface area (Å²) in [6.07, 6.45) is 1.97. The van der Waals surface area contributed by atoms with Crippen LogP contribution in [0.2, 0.25) is 0 Å². The van der Waals surface area contributed by atoms with Gasteiger partial charge in [-0.25, -0.2) is 13.4 Å². The lowest BCUT2D eigenvalue weighted by atomic mass is 10.4. The van der Waals surface area contributed by atoms with Crippen molar-refractivity contribution in [3.8, 4) is 0 Å². The van der Waals surface area contributed by atoms with Gasteiger partial charge in [0.2, 0.25) is 10.0 Å². The Balaban J connectivity index is 2.74. The molecular formula is C8H13N3O2S. The molecule has 1 heterocycles. The van der Waals surface area contributed by atoms with Crippen molar-refractivity contribution in [3.63, 3.8) is 0 Å². The Hall–Kier alpha value is -1.30. The molecule has 0 aliphatic heterocycles. The van der Waals surface area contributed by atoms with Gasteiger partial charge in [0, 0.05) is 0 Å². The predicted molar refractivity (Wildman–Crippen MR) is 56.3 cm³/mol. The van der Waals surface area contributed by atoms with Crippen LogP contribution < -0.4 is 10.5 Å². The Morgan fingerprint density at radius 1 is 1.50 bits per heavy atom. The molecule has 3 N–H and O–H groups in total. The molecule has 0 radical (unpaired) electrons. The zero-order chi connectivity index (χ0) is 10.6. The van der Waals surface area contributed by atoms with Crippen LogP contribution in [0.15, 0.2) is 18.3 Å². The van der Waals surface area contributed by atoms with E-state index in [0.29, 0.717) is 17.9 Å². The summed E-state index contributed by atoms with van der Waals surface area (Å²) in [5, 5.41) is 0. The van der Waals surface area contributed by atoms with Gasteiger partial charge in [-0.05, 0) is 18.6 Å². The molecular weight excluding hydrogens is 202 g/mol. The fraction of sp³-hybridized carbons (Fsp3) is 0.375. The third-order valence-corrected chi connectivity index (χ3v) is 3.02. The number of nitrogen functional groups attached to an aromatic ring is 1. The van der Waals surface area contributed by atoms with Crippen molar-refractivity contribution in [1.29, 1.82) is 0 Å². The molecule has 0 amide bonds. The lowest BCUT2D eigenvalue weighted by molar-refractivity contribution is 0.600. The van der Waals surface area contributed by atoms with E-state index >= 15 is 0 Å². The van der Waals surface area contributed by atoms with E-state index in [1.807, 2.05) is 0 Å². The third kappa shape index (κ3) is 3.21. The van der Waals surface area contributed by atoms with E-state index in [2.05, 4.69) is 9.71 Å². The Kier molecular flexibility index (Phi) is 3.29. The van der Waals surface area contributed by atoms with E-state index in [1.165, 1.54) is 6.20 Å². The molecule has 0 bridgehead atoms. The Labute approximate surface area is 83.4 Å². The molecule has 0 aromatic carbocycles. The summed E-state index contributed by atoms with van der Waals surface area (Å²) >= 11 is 0. The van der Waals surface area contributed by atoms with Crippen LogP contribution in [-0.2, 0) is 10.0 Å². The number of anilines is 2. The molecule has 5 nitrogen and oxygen atoms in total. The number of pyridine rings is 1. The van der Waals surface area contributed by atoms with Crippen LogP contribution in [0.3, 0.4) is 0 Å². The highest BCUT2D eigenvalue weighted by Gasteiger charge is 2.08. The number of rotatable bonds is 4. The van der Waals surface area contributed by atoms with E-state index < -0.39 is 10.0 Å². The van der Waals surface area contributed by atoms with Gasteiger partial charge in [0.05, 0.1) is 17.6 Å². The minimum absolute atomic E-state index is 0.109. The van der Waals surface area contributed by atoms with Gasteiger partial charge in [-0.1, -0.05) is 6.92 Å². The Bertz CT molecular complexity index is 386. The fourth-order valence-corrected chi connectivity index (χ4v) is 2.08. The molecule has 1 aromatic rings. The van der Waals surface area contributed by atoms with Gasteiger partial charge in [-0.3, -0.25) is 4.72 Å². The van der Waals surface area contributed by atoms with E-state index in [-0.39, 0.29) is 5.75 Å². The van der Waals surface area contributed by atoms with Gasteiger partial charge in [0.25, 0.3) is 0 Å². The standard InChI is InChI=1S/C8H13N3O2S/c1-2-5-14(12,13)11-7-3-4-8(9)10-6-7/h3-4,6,11H,2,5H2,1H3,(H2,9,10). The topological polar surface area (TPSA) is 85.1 Å². The van der Waals surface area contributed by atoms with Gasteiger partial charge in [0.1, 0.15) is 5.82 Å². The number of hydrogen-bond donors (Lipinski definition) is 2. The quantitative estimate of drug-likeness (QED) is 0.778. The molecule has 0 unspecified atom stereocenters. The SMILES string of the molecule is CCCS(=O)(=O)Nc1ccc(N)nc1. The smallest absolute Gasteiger partial charge is 0.232 e. The summed E-state index contributed by atoms with van der Waals surface area (Å²) in [5.41, 5.74) is 5.80. The third-order valence-electron chi connectivity index (χ3n) is 1.53. The predicted octanol–water partition coefficient (Wildman–Crippen LogP) is 0.816. The first-order valence-corrected chi connectivity index (χ1v) is 5.91. The largest absolute Gasteiger partial charge is 0.384 e. The highest BCUT2D eigenvalue weighted by Crippen LogP contribution is 2.09. The van der Waals surface area contributed by atoms with Crippen molar-refractivity contribution >= 4 is 21.5 Å². The Morgan fingerprint density at radius 2 is 2.21 bits per heavy atom. The van der Waals surface area contributed by atoms with E-state index in [9.17, 15) is 8.42 Å². The lowest BCUT2D eigenvalue weighted by Crippen LogP contribution is -2.16. The van der Waals surface area contributed by atoms with Crippen molar-refractivity contribution in [2.24, 2.45) is 0 Å². The minimum atomic E-state index is -3.23. The zero-order valence-corrected chi connectivity index (χ0v) is 8.71. The number of nitrogens with one attached hydrogen (secondary N) is 1. The number of nitrogens with zero attached hydrogens (tertiary/aromatic N) is 1. The maximum atomic E-state index is 11.3. The monoisotopic (exact) mass is 215 g/mol. The average molecular weight is 215 g/mol. The highest BCUT2D eigenvalue weighted by molar-refractivity contribution is 7.92. The highest BCUT2D eigenvalue weighted by atomic mass is 32.2. The summed E-state index contributed by atoms with van der Waals surface area (Å²) in [6, 6.07) is 3.12. The summed E-state index contributed by atoms with van der Waals surface area (Å²) < 4.78 is 25.0. The molecule has 0 atom stereocenters. The molecule has 0 fully saturated rings. The van der Waals surface area contributed by atoms with Crippen LogP contribution in [0.4, 0.5) is 11.5 Å².